The second kappa shape index (κ2) is 6.61. The van der Waals surface area contributed by atoms with Gasteiger partial charge in [0.2, 0.25) is 0 Å². The standard InChI is InChI=1S/C15H24N4O/c1-2-7-19-8-5-12(6-9-19)18-14-10-11(16)3-4-13(14)15(17)20/h3-4,10,12,18H,2,5-9,16H2,1H3,(H2,17,20). The van der Waals surface area contributed by atoms with Crippen molar-refractivity contribution in [1.29, 1.82) is 0 Å². The monoisotopic (exact) mass is 276 g/mol. The first-order valence-corrected chi connectivity index (χ1v) is 7.28. The Bertz CT molecular complexity index is 467. The summed E-state index contributed by atoms with van der Waals surface area (Å²) in [7, 11) is 0. The third-order valence-electron chi connectivity index (χ3n) is 3.80. The number of benzene rings is 1. The molecule has 1 aliphatic heterocycles. The molecule has 2 rings (SSSR count). The molecule has 0 radical (unpaired) electrons. The number of nitrogen functional groups attached to an aromatic ring is 1. The second-order valence-electron chi connectivity index (χ2n) is 5.43. The molecule has 0 aromatic heterocycles. The van der Waals surface area contributed by atoms with E-state index in [0.29, 0.717) is 17.3 Å². The quantitative estimate of drug-likeness (QED) is 0.714. The average Bonchev–Trinajstić information content (AvgIpc) is 2.41. The van der Waals surface area contributed by atoms with Gasteiger partial charge in [-0.05, 0) is 44.0 Å². The molecule has 1 aromatic carbocycles. The van der Waals surface area contributed by atoms with Crippen LogP contribution in [-0.2, 0) is 0 Å². The summed E-state index contributed by atoms with van der Waals surface area (Å²) >= 11 is 0. The van der Waals surface area contributed by atoms with Crippen LogP contribution in [0.3, 0.4) is 0 Å². The number of carbonyl (C=O) groups is 1. The highest BCUT2D eigenvalue weighted by Gasteiger charge is 2.20. The molecule has 110 valence electrons. The number of carbonyl (C=O) groups excluding carboxylic acids is 1. The SMILES string of the molecule is CCCN1CCC(Nc2cc(N)ccc2C(N)=O)CC1. The maximum absolute atomic E-state index is 11.4. The zero-order chi connectivity index (χ0) is 14.5. The molecule has 1 amide bonds. The van der Waals surface area contributed by atoms with Crippen molar-refractivity contribution in [3.05, 3.63) is 23.8 Å². The molecule has 5 N–H and O–H groups in total. The molecule has 1 aromatic rings. The van der Waals surface area contributed by atoms with E-state index in [1.165, 1.54) is 6.42 Å². The van der Waals surface area contributed by atoms with Crippen LogP contribution in [0.5, 0.6) is 0 Å². The summed E-state index contributed by atoms with van der Waals surface area (Å²) in [5.41, 5.74) is 13.1. The summed E-state index contributed by atoms with van der Waals surface area (Å²) in [5.74, 6) is -0.420. The molecule has 0 unspecified atom stereocenters. The Morgan fingerprint density at radius 2 is 2.10 bits per heavy atom. The smallest absolute Gasteiger partial charge is 0.250 e. The minimum atomic E-state index is -0.420. The van der Waals surface area contributed by atoms with Gasteiger partial charge in [0.05, 0.1) is 5.56 Å². The maximum atomic E-state index is 11.4. The van der Waals surface area contributed by atoms with Crippen molar-refractivity contribution in [3.63, 3.8) is 0 Å². The number of nitrogens with zero attached hydrogens (tertiary/aromatic N) is 1. The number of anilines is 2. The Hall–Kier alpha value is -1.75. The molecule has 0 atom stereocenters. The number of piperidine rings is 1. The van der Waals surface area contributed by atoms with Crippen LogP contribution in [0, 0.1) is 0 Å². The van der Waals surface area contributed by atoms with E-state index >= 15 is 0 Å². The van der Waals surface area contributed by atoms with Crippen molar-refractivity contribution in [2.75, 3.05) is 30.7 Å². The second-order valence-corrected chi connectivity index (χ2v) is 5.43. The topological polar surface area (TPSA) is 84.4 Å². The van der Waals surface area contributed by atoms with E-state index < -0.39 is 5.91 Å². The van der Waals surface area contributed by atoms with Gasteiger partial charge in [-0.2, -0.15) is 0 Å². The maximum Gasteiger partial charge on any atom is 0.250 e. The van der Waals surface area contributed by atoms with Crippen LogP contribution in [-0.4, -0.2) is 36.5 Å². The van der Waals surface area contributed by atoms with Crippen LogP contribution < -0.4 is 16.8 Å². The van der Waals surface area contributed by atoms with Crippen LogP contribution in [0.4, 0.5) is 11.4 Å². The van der Waals surface area contributed by atoms with E-state index in [2.05, 4.69) is 17.1 Å². The van der Waals surface area contributed by atoms with Crippen LogP contribution >= 0.6 is 0 Å². The Labute approximate surface area is 120 Å². The van der Waals surface area contributed by atoms with E-state index in [1.807, 2.05) is 0 Å². The summed E-state index contributed by atoms with van der Waals surface area (Å²) in [6, 6.07) is 5.56. The average molecular weight is 276 g/mol. The number of hydrogen-bond donors (Lipinski definition) is 3. The molecule has 0 saturated carbocycles. The fourth-order valence-electron chi connectivity index (χ4n) is 2.73. The Morgan fingerprint density at radius 1 is 1.40 bits per heavy atom. The van der Waals surface area contributed by atoms with E-state index in [9.17, 15) is 4.79 Å². The summed E-state index contributed by atoms with van der Waals surface area (Å²) in [6.07, 6.45) is 3.35. The highest BCUT2D eigenvalue weighted by Crippen LogP contribution is 2.22. The Morgan fingerprint density at radius 3 is 2.70 bits per heavy atom. The minimum absolute atomic E-state index is 0.378. The van der Waals surface area contributed by atoms with E-state index in [1.54, 1.807) is 18.2 Å². The van der Waals surface area contributed by atoms with Gasteiger partial charge in [-0.3, -0.25) is 4.79 Å². The van der Waals surface area contributed by atoms with Gasteiger partial charge in [-0.1, -0.05) is 6.92 Å². The minimum Gasteiger partial charge on any atom is -0.399 e. The lowest BCUT2D eigenvalue weighted by molar-refractivity contribution is 0.100. The molecule has 0 spiro atoms. The summed E-state index contributed by atoms with van der Waals surface area (Å²) in [5, 5.41) is 3.43. The van der Waals surface area contributed by atoms with Gasteiger partial charge in [-0.15, -0.1) is 0 Å². The van der Waals surface area contributed by atoms with Gasteiger partial charge in [0.15, 0.2) is 0 Å². The normalized spacial score (nSPS) is 17.1. The molecule has 0 bridgehead atoms. The third-order valence-corrected chi connectivity index (χ3v) is 3.80. The Balaban J connectivity index is 2.00. The third kappa shape index (κ3) is 3.63. The molecule has 5 heteroatoms. The first-order chi connectivity index (χ1) is 9.60. The summed E-state index contributed by atoms with van der Waals surface area (Å²) in [6.45, 7) is 5.56. The van der Waals surface area contributed by atoms with Gasteiger partial charge in [0.1, 0.15) is 0 Å². The molecule has 1 fully saturated rings. The van der Waals surface area contributed by atoms with Gasteiger partial charge in [-0.25, -0.2) is 0 Å². The highest BCUT2D eigenvalue weighted by molar-refractivity contribution is 5.99. The van der Waals surface area contributed by atoms with Gasteiger partial charge in [0, 0.05) is 30.5 Å². The highest BCUT2D eigenvalue weighted by atomic mass is 16.1. The predicted molar refractivity (Wildman–Crippen MR) is 82.7 cm³/mol. The van der Waals surface area contributed by atoms with Gasteiger partial charge in [0.25, 0.3) is 5.91 Å². The van der Waals surface area contributed by atoms with Crippen molar-refractivity contribution in [2.45, 2.75) is 32.2 Å². The molecule has 1 saturated heterocycles. The zero-order valence-electron chi connectivity index (χ0n) is 12.1. The van der Waals surface area contributed by atoms with Crippen LogP contribution in [0.2, 0.25) is 0 Å². The lowest BCUT2D eigenvalue weighted by Crippen LogP contribution is -2.39. The number of nitrogens with two attached hydrogens (primary N) is 2. The van der Waals surface area contributed by atoms with Crippen molar-refractivity contribution in [3.8, 4) is 0 Å². The first kappa shape index (κ1) is 14.7. The number of primary amides is 1. The largest absolute Gasteiger partial charge is 0.399 e. The fraction of sp³-hybridized carbons (Fsp3) is 0.533. The lowest BCUT2D eigenvalue weighted by Gasteiger charge is -2.33. The van der Waals surface area contributed by atoms with Crippen LogP contribution in [0.15, 0.2) is 18.2 Å². The fourth-order valence-corrected chi connectivity index (χ4v) is 2.73. The van der Waals surface area contributed by atoms with Crippen molar-refractivity contribution >= 4 is 17.3 Å². The van der Waals surface area contributed by atoms with E-state index in [4.69, 9.17) is 11.5 Å². The molecule has 5 nitrogen and oxygen atoms in total. The number of hydrogen-bond acceptors (Lipinski definition) is 4. The van der Waals surface area contributed by atoms with E-state index in [0.717, 1.165) is 38.2 Å². The number of likely N-dealkylation sites (tertiary alicyclic amines) is 1. The summed E-state index contributed by atoms with van der Waals surface area (Å²) in [4.78, 5) is 13.9. The van der Waals surface area contributed by atoms with Crippen molar-refractivity contribution < 1.29 is 4.79 Å². The van der Waals surface area contributed by atoms with Crippen molar-refractivity contribution in [1.82, 2.24) is 4.90 Å². The molecule has 1 heterocycles. The first-order valence-electron chi connectivity index (χ1n) is 7.28. The van der Waals surface area contributed by atoms with Crippen molar-refractivity contribution in [2.24, 2.45) is 5.73 Å². The number of rotatable bonds is 5. The van der Waals surface area contributed by atoms with Gasteiger partial charge >= 0.3 is 0 Å². The van der Waals surface area contributed by atoms with Gasteiger partial charge < -0.3 is 21.7 Å². The molecule has 20 heavy (non-hydrogen) atoms. The van der Waals surface area contributed by atoms with E-state index in [-0.39, 0.29) is 0 Å². The zero-order valence-corrected chi connectivity index (χ0v) is 12.1. The molecular formula is C15H24N4O. The Kier molecular flexibility index (Phi) is 4.84. The lowest BCUT2D eigenvalue weighted by atomic mass is 10.0. The predicted octanol–water partition coefficient (Wildman–Crippen LogP) is 1.65. The number of amides is 1. The van der Waals surface area contributed by atoms with Crippen LogP contribution in [0.1, 0.15) is 36.5 Å². The molecule has 0 aliphatic carbocycles. The van der Waals surface area contributed by atoms with Crippen LogP contribution in [0.25, 0.3) is 0 Å². The molecule has 1 aliphatic rings. The summed E-state index contributed by atoms with van der Waals surface area (Å²) < 4.78 is 0. The number of nitrogens with one attached hydrogen (secondary N) is 1. The molecular weight excluding hydrogens is 252 g/mol.